The summed E-state index contributed by atoms with van der Waals surface area (Å²) in [4.78, 5) is 11.6. The molecule has 3 nitrogen and oxygen atoms in total. The van der Waals surface area contributed by atoms with E-state index < -0.39 is 0 Å². The Morgan fingerprint density at radius 2 is 1.85 bits per heavy atom. The molecule has 0 aliphatic rings. The smallest absolute Gasteiger partial charge is 0.163 e. The lowest BCUT2D eigenvalue weighted by Crippen LogP contribution is -2.19. The number of aliphatic hydroxyl groups is 2. The second kappa shape index (κ2) is 5.89. The van der Waals surface area contributed by atoms with E-state index >= 15 is 0 Å². The number of allylic oxidation sites excluding steroid dienone is 1. The second-order valence-electron chi connectivity index (χ2n) is 3.22. The Morgan fingerprint density at radius 3 is 2.15 bits per heavy atom. The van der Waals surface area contributed by atoms with Gasteiger partial charge in [-0.1, -0.05) is 6.92 Å². The van der Waals surface area contributed by atoms with E-state index in [2.05, 4.69) is 0 Å². The Morgan fingerprint density at radius 1 is 1.31 bits per heavy atom. The fourth-order valence-corrected chi connectivity index (χ4v) is 1.03. The predicted molar refractivity (Wildman–Crippen MR) is 51.3 cm³/mol. The van der Waals surface area contributed by atoms with Gasteiger partial charge in [-0.15, -0.1) is 0 Å². The first-order chi connectivity index (χ1) is 6.08. The first-order valence-corrected chi connectivity index (χ1v) is 4.50. The molecular formula is C10H18O3. The summed E-state index contributed by atoms with van der Waals surface area (Å²) < 4.78 is 0. The molecule has 0 fully saturated rings. The molecule has 13 heavy (non-hydrogen) atoms. The summed E-state index contributed by atoms with van der Waals surface area (Å²) in [5.41, 5.74) is 1.25. The summed E-state index contributed by atoms with van der Waals surface area (Å²) in [5.74, 6) is -0.377. The van der Waals surface area contributed by atoms with Crippen molar-refractivity contribution < 1.29 is 15.0 Å². The largest absolute Gasteiger partial charge is 0.396 e. The third-order valence-electron chi connectivity index (χ3n) is 2.33. The number of carbonyl (C=O) groups excluding carboxylic acids is 1. The first-order valence-electron chi connectivity index (χ1n) is 4.50. The van der Waals surface area contributed by atoms with Crippen LogP contribution in [0.25, 0.3) is 0 Å². The fourth-order valence-electron chi connectivity index (χ4n) is 1.03. The van der Waals surface area contributed by atoms with E-state index in [1.54, 1.807) is 13.8 Å². The molecule has 2 N–H and O–H groups in total. The maximum atomic E-state index is 11.6. The Labute approximate surface area is 79.1 Å². The van der Waals surface area contributed by atoms with Crippen LogP contribution in [0.3, 0.4) is 0 Å². The lowest BCUT2D eigenvalue weighted by atomic mass is 9.94. The number of hydrogen-bond donors (Lipinski definition) is 2. The van der Waals surface area contributed by atoms with E-state index in [1.807, 2.05) is 6.92 Å². The van der Waals surface area contributed by atoms with Crippen molar-refractivity contribution in [3.8, 4) is 0 Å². The number of hydrogen-bond acceptors (Lipinski definition) is 3. The predicted octanol–water partition coefficient (Wildman–Crippen LogP) is 0.903. The van der Waals surface area contributed by atoms with Gasteiger partial charge in [0.05, 0.1) is 13.2 Å². The monoisotopic (exact) mass is 186 g/mol. The number of carbonyl (C=O) groups is 1. The van der Waals surface area contributed by atoms with Crippen molar-refractivity contribution in [1.82, 2.24) is 0 Å². The number of ketones is 1. The molecular weight excluding hydrogens is 168 g/mol. The van der Waals surface area contributed by atoms with E-state index in [4.69, 9.17) is 10.2 Å². The average molecular weight is 186 g/mol. The van der Waals surface area contributed by atoms with Crippen LogP contribution in [0.5, 0.6) is 0 Å². The highest BCUT2D eigenvalue weighted by Crippen LogP contribution is 2.13. The van der Waals surface area contributed by atoms with Gasteiger partial charge in [0.1, 0.15) is 0 Å². The van der Waals surface area contributed by atoms with Gasteiger partial charge in [-0.05, 0) is 31.4 Å². The quantitative estimate of drug-likeness (QED) is 0.627. The van der Waals surface area contributed by atoms with Crippen LogP contribution in [0.2, 0.25) is 0 Å². The second-order valence-corrected chi connectivity index (χ2v) is 3.22. The summed E-state index contributed by atoms with van der Waals surface area (Å²) in [6, 6.07) is 0. The minimum absolute atomic E-state index is 0.0587. The molecule has 0 aromatic heterocycles. The molecule has 0 saturated carbocycles. The normalized spacial score (nSPS) is 15.2. The van der Waals surface area contributed by atoms with Gasteiger partial charge in [-0.2, -0.15) is 0 Å². The Hall–Kier alpha value is -0.670. The van der Waals surface area contributed by atoms with Gasteiger partial charge >= 0.3 is 0 Å². The van der Waals surface area contributed by atoms with Crippen LogP contribution in [0.4, 0.5) is 0 Å². The molecule has 0 amide bonds. The minimum atomic E-state index is -0.318. The van der Waals surface area contributed by atoms with Crippen molar-refractivity contribution in [3.05, 3.63) is 11.1 Å². The van der Waals surface area contributed by atoms with E-state index in [9.17, 15) is 4.79 Å². The fraction of sp³-hybridized carbons (Fsp3) is 0.700. The molecule has 0 aliphatic carbocycles. The topological polar surface area (TPSA) is 57.5 Å². The molecule has 0 radical (unpaired) electrons. The SMILES string of the molecule is CCC(CO)C(=O)C(C)=C(C)CO. The highest BCUT2D eigenvalue weighted by atomic mass is 16.3. The van der Waals surface area contributed by atoms with Gasteiger partial charge in [0, 0.05) is 5.92 Å². The molecule has 0 saturated heterocycles. The summed E-state index contributed by atoms with van der Waals surface area (Å²) in [5, 5.41) is 17.7. The molecule has 0 aliphatic heterocycles. The molecule has 0 spiro atoms. The highest BCUT2D eigenvalue weighted by Gasteiger charge is 2.17. The summed E-state index contributed by atoms with van der Waals surface area (Å²) in [6.07, 6.45) is 0.630. The van der Waals surface area contributed by atoms with Crippen molar-refractivity contribution in [2.75, 3.05) is 13.2 Å². The molecule has 76 valence electrons. The van der Waals surface area contributed by atoms with Gasteiger partial charge in [0.25, 0.3) is 0 Å². The van der Waals surface area contributed by atoms with Crippen LogP contribution in [0, 0.1) is 5.92 Å². The van der Waals surface area contributed by atoms with Crippen molar-refractivity contribution in [3.63, 3.8) is 0 Å². The van der Waals surface area contributed by atoms with E-state index in [0.29, 0.717) is 17.6 Å². The van der Waals surface area contributed by atoms with Crippen LogP contribution in [0.15, 0.2) is 11.1 Å². The maximum Gasteiger partial charge on any atom is 0.163 e. The Bertz CT molecular complexity index is 202. The van der Waals surface area contributed by atoms with Crippen LogP contribution in [0.1, 0.15) is 27.2 Å². The number of rotatable bonds is 5. The van der Waals surface area contributed by atoms with E-state index in [0.717, 1.165) is 0 Å². The average Bonchev–Trinajstić information content (AvgIpc) is 2.17. The van der Waals surface area contributed by atoms with E-state index in [-0.39, 0.29) is 24.9 Å². The summed E-state index contributed by atoms with van der Waals surface area (Å²) >= 11 is 0. The maximum absolute atomic E-state index is 11.6. The van der Waals surface area contributed by atoms with Crippen LogP contribution < -0.4 is 0 Å². The molecule has 0 heterocycles. The third kappa shape index (κ3) is 3.28. The van der Waals surface area contributed by atoms with Crippen LogP contribution in [-0.4, -0.2) is 29.2 Å². The summed E-state index contributed by atoms with van der Waals surface area (Å²) in [7, 11) is 0. The lowest BCUT2D eigenvalue weighted by molar-refractivity contribution is -0.120. The van der Waals surface area contributed by atoms with Crippen LogP contribution in [-0.2, 0) is 4.79 Å². The van der Waals surface area contributed by atoms with E-state index in [1.165, 1.54) is 0 Å². The van der Waals surface area contributed by atoms with Gasteiger partial charge in [0.15, 0.2) is 5.78 Å². The van der Waals surface area contributed by atoms with Crippen molar-refractivity contribution >= 4 is 5.78 Å². The Balaban J connectivity index is 4.58. The number of Topliss-reactive ketones (excluding diaryl/α,β-unsaturated/α-hetero) is 1. The van der Waals surface area contributed by atoms with Gasteiger partial charge in [-0.3, -0.25) is 4.79 Å². The van der Waals surface area contributed by atoms with Gasteiger partial charge in [-0.25, -0.2) is 0 Å². The highest BCUT2D eigenvalue weighted by molar-refractivity contribution is 5.97. The molecule has 0 rings (SSSR count). The van der Waals surface area contributed by atoms with Crippen LogP contribution >= 0.6 is 0 Å². The molecule has 0 aromatic carbocycles. The zero-order chi connectivity index (χ0) is 10.4. The minimum Gasteiger partial charge on any atom is -0.396 e. The van der Waals surface area contributed by atoms with Gasteiger partial charge in [0.2, 0.25) is 0 Å². The lowest BCUT2D eigenvalue weighted by Gasteiger charge is -2.12. The first kappa shape index (κ1) is 12.3. The van der Waals surface area contributed by atoms with Crippen molar-refractivity contribution in [1.29, 1.82) is 0 Å². The standard InChI is InChI=1S/C10H18O3/c1-4-9(6-12)10(13)8(3)7(2)5-11/h9,11-12H,4-6H2,1-3H3. The molecule has 1 unspecified atom stereocenters. The molecule has 0 aromatic rings. The molecule has 3 heteroatoms. The van der Waals surface area contributed by atoms with Crippen molar-refractivity contribution in [2.45, 2.75) is 27.2 Å². The molecule has 0 bridgehead atoms. The third-order valence-corrected chi connectivity index (χ3v) is 2.33. The zero-order valence-corrected chi connectivity index (χ0v) is 8.50. The van der Waals surface area contributed by atoms with Gasteiger partial charge < -0.3 is 10.2 Å². The van der Waals surface area contributed by atoms with Crippen molar-refractivity contribution in [2.24, 2.45) is 5.92 Å². The Kier molecular flexibility index (Phi) is 5.58. The molecule has 1 atom stereocenters. The number of aliphatic hydroxyl groups excluding tert-OH is 2. The summed E-state index contributed by atoms with van der Waals surface area (Å²) in [6.45, 7) is 5.05. The zero-order valence-electron chi connectivity index (χ0n) is 8.50.